The predicted octanol–water partition coefficient (Wildman–Crippen LogP) is 4.17. The second-order valence-corrected chi connectivity index (χ2v) is 6.80. The number of hydrogen-bond donors (Lipinski definition) is 1. The summed E-state index contributed by atoms with van der Waals surface area (Å²) in [4.78, 5) is 8.44. The molecule has 0 bridgehead atoms. The third kappa shape index (κ3) is 3.44. The smallest absolute Gasteiger partial charge is 0.190 e. The van der Waals surface area contributed by atoms with Crippen LogP contribution in [0.3, 0.4) is 0 Å². The Morgan fingerprint density at radius 3 is 2.57 bits per heavy atom. The first kappa shape index (κ1) is 14.5. The minimum atomic E-state index is 0.745. The molecule has 1 fully saturated rings. The van der Waals surface area contributed by atoms with E-state index in [0.29, 0.717) is 0 Å². The lowest BCUT2D eigenvalue weighted by Crippen LogP contribution is -2.15. The number of hydrogen-bond acceptors (Lipinski definition) is 4. The summed E-state index contributed by atoms with van der Waals surface area (Å²) in [7, 11) is 0. The van der Waals surface area contributed by atoms with Crippen LogP contribution in [0, 0.1) is 13.8 Å². The van der Waals surface area contributed by atoms with E-state index in [1.165, 1.54) is 29.0 Å². The van der Waals surface area contributed by atoms with Crippen molar-refractivity contribution in [1.29, 1.82) is 0 Å². The molecular formula is C17H23N3S. The van der Waals surface area contributed by atoms with Crippen LogP contribution in [-0.4, -0.2) is 17.6 Å². The first-order valence-corrected chi connectivity index (χ1v) is 8.53. The summed E-state index contributed by atoms with van der Waals surface area (Å²) in [6, 6.07) is 9.42. The van der Waals surface area contributed by atoms with Gasteiger partial charge in [-0.05, 0) is 45.7 Å². The molecule has 0 aliphatic heterocycles. The van der Waals surface area contributed by atoms with Crippen LogP contribution in [0.25, 0.3) is 0 Å². The second-order valence-electron chi connectivity index (χ2n) is 5.74. The zero-order valence-electron chi connectivity index (χ0n) is 13.0. The van der Waals surface area contributed by atoms with Crippen LogP contribution >= 0.6 is 11.3 Å². The third-order valence-corrected chi connectivity index (χ3v) is 5.08. The summed E-state index contributed by atoms with van der Waals surface area (Å²) in [6.45, 7) is 8.31. The van der Waals surface area contributed by atoms with Crippen LogP contribution < -0.4 is 10.2 Å². The Labute approximate surface area is 131 Å². The highest BCUT2D eigenvalue weighted by Crippen LogP contribution is 2.32. The molecule has 1 aromatic carbocycles. The monoisotopic (exact) mass is 301 g/mol. The fourth-order valence-corrected chi connectivity index (χ4v) is 3.47. The van der Waals surface area contributed by atoms with Gasteiger partial charge >= 0.3 is 0 Å². The Bertz CT molecular complexity index is 599. The van der Waals surface area contributed by atoms with Gasteiger partial charge in [0.2, 0.25) is 0 Å². The molecule has 0 unspecified atom stereocenters. The number of aromatic nitrogens is 1. The number of aryl methyl sites for hydroxylation is 2. The van der Waals surface area contributed by atoms with E-state index in [9.17, 15) is 0 Å². The maximum atomic E-state index is 4.78. The van der Waals surface area contributed by atoms with Crippen molar-refractivity contribution in [2.45, 2.75) is 46.2 Å². The van der Waals surface area contributed by atoms with Crippen molar-refractivity contribution in [2.24, 2.45) is 0 Å². The summed E-state index contributed by atoms with van der Waals surface area (Å²) < 4.78 is 0. The molecule has 0 saturated heterocycles. The fraction of sp³-hybridized carbons (Fsp3) is 0.471. The molecule has 21 heavy (non-hydrogen) atoms. The minimum Gasteiger partial charge on any atom is -0.318 e. The molecule has 2 aromatic rings. The highest BCUT2D eigenvalue weighted by Gasteiger charge is 2.21. The summed E-state index contributed by atoms with van der Waals surface area (Å²) in [5.74, 6) is 0. The van der Waals surface area contributed by atoms with Crippen LogP contribution in [0.2, 0.25) is 0 Å². The first-order chi connectivity index (χ1) is 10.2. The van der Waals surface area contributed by atoms with E-state index in [1.807, 2.05) is 11.3 Å². The van der Waals surface area contributed by atoms with Gasteiger partial charge in [-0.1, -0.05) is 29.0 Å². The van der Waals surface area contributed by atoms with E-state index in [0.717, 1.165) is 30.0 Å². The Morgan fingerprint density at radius 2 is 1.95 bits per heavy atom. The van der Waals surface area contributed by atoms with Crippen LogP contribution in [0.4, 0.5) is 10.8 Å². The molecule has 3 rings (SSSR count). The lowest BCUT2D eigenvalue weighted by atomic mass is 10.2. The SMILES string of the molecule is CCN(c1ccc(C)cc1)c1nc(C)c(CNC2CC2)s1. The summed E-state index contributed by atoms with van der Waals surface area (Å²) in [5.41, 5.74) is 3.67. The molecular weight excluding hydrogens is 278 g/mol. The average molecular weight is 301 g/mol. The lowest BCUT2D eigenvalue weighted by Gasteiger charge is -2.20. The van der Waals surface area contributed by atoms with E-state index >= 15 is 0 Å². The van der Waals surface area contributed by atoms with Gasteiger partial charge in [0.1, 0.15) is 0 Å². The number of benzene rings is 1. The average Bonchev–Trinajstić information content (AvgIpc) is 3.23. The molecule has 112 valence electrons. The standard InChI is InChI=1S/C17H23N3S/c1-4-20(15-9-5-12(2)6-10-15)17-19-13(3)16(21-17)11-18-14-7-8-14/h5-6,9-10,14,18H,4,7-8,11H2,1-3H3. The van der Waals surface area contributed by atoms with Crippen molar-refractivity contribution in [2.75, 3.05) is 11.4 Å². The molecule has 0 amide bonds. The quantitative estimate of drug-likeness (QED) is 0.868. The van der Waals surface area contributed by atoms with E-state index in [-0.39, 0.29) is 0 Å². The van der Waals surface area contributed by atoms with E-state index in [4.69, 9.17) is 4.98 Å². The van der Waals surface area contributed by atoms with Crippen molar-refractivity contribution in [3.05, 3.63) is 40.4 Å². The van der Waals surface area contributed by atoms with Crippen LogP contribution in [-0.2, 0) is 6.54 Å². The van der Waals surface area contributed by atoms with Crippen molar-refractivity contribution >= 4 is 22.2 Å². The number of nitrogens with zero attached hydrogens (tertiary/aromatic N) is 2. The maximum absolute atomic E-state index is 4.78. The van der Waals surface area contributed by atoms with E-state index in [2.05, 4.69) is 55.3 Å². The Balaban J connectivity index is 1.79. The van der Waals surface area contributed by atoms with Crippen LogP contribution in [0.5, 0.6) is 0 Å². The normalized spacial score (nSPS) is 14.4. The molecule has 1 aliphatic rings. The molecule has 0 spiro atoms. The van der Waals surface area contributed by atoms with Crippen molar-refractivity contribution < 1.29 is 0 Å². The number of thiazole rings is 1. The van der Waals surface area contributed by atoms with Gasteiger partial charge in [-0.15, -0.1) is 0 Å². The Morgan fingerprint density at radius 1 is 1.24 bits per heavy atom. The lowest BCUT2D eigenvalue weighted by molar-refractivity contribution is 0.691. The summed E-state index contributed by atoms with van der Waals surface area (Å²) in [5, 5.41) is 4.69. The van der Waals surface area contributed by atoms with Crippen LogP contribution in [0.1, 0.15) is 35.9 Å². The van der Waals surface area contributed by atoms with Gasteiger partial charge in [0, 0.05) is 29.7 Å². The topological polar surface area (TPSA) is 28.2 Å². The summed E-state index contributed by atoms with van der Waals surface area (Å²) in [6.07, 6.45) is 2.66. The molecule has 1 heterocycles. The third-order valence-electron chi connectivity index (χ3n) is 3.90. The van der Waals surface area contributed by atoms with Crippen molar-refractivity contribution in [3.63, 3.8) is 0 Å². The minimum absolute atomic E-state index is 0.745. The molecule has 0 atom stereocenters. The number of nitrogens with one attached hydrogen (secondary N) is 1. The molecule has 4 heteroatoms. The van der Waals surface area contributed by atoms with Gasteiger partial charge in [0.15, 0.2) is 5.13 Å². The highest BCUT2D eigenvalue weighted by atomic mass is 32.1. The van der Waals surface area contributed by atoms with Gasteiger partial charge in [0.25, 0.3) is 0 Å². The predicted molar refractivity (Wildman–Crippen MR) is 90.6 cm³/mol. The van der Waals surface area contributed by atoms with Gasteiger partial charge in [0.05, 0.1) is 5.69 Å². The summed E-state index contributed by atoms with van der Waals surface area (Å²) >= 11 is 1.81. The molecule has 0 radical (unpaired) electrons. The van der Waals surface area contributed by atoms with Crippen LogP contribution in [0.15, 0.2) is 24.3 Å². The largest absolute Gasteiger partial charge is 0.318 e. The van der Waals surface area contributed by atoms with E-state index < -0.39 is 0 Å². The molecule has 1 aliphatic carbocycles. The van der Waals surface area contributed by atoms with Gasteiger partial charge < -0.3 is 10.2 Å². The second kappa shape index (κ2) is 6.16. The zero-order valence-corrected chi connectivity index (χ0v) is 13.8. The van der Waals surface area contributed by atoms with Gasteiger partial charge in [-0.2, -0.15) is 0 Å². The molecule has 1 N–H and O–H groups in total. The van der Waals surface area contributed by atoms with E-state index in [1.54, 1.807) is 0 Å². The maximum Gasteiger partial charge on any atom is 0.190 e. The molecule has 1 saturated carbocycles. The zero-order chi connectivity index (χ0) is 14.8. The number of anilines is 2. The van der Waals surface area contributed by atoms with Crippen molar-refractivity contribution in [1.82, 2.24) is 10.3 Å². The number of rotatable bonds is 6. The van der Waals surface area contributed by atoms with Gasteiger partial charge in [-0.3, -0.25) is 0 Å². The Kier molecular flexibility index (Phi) is 4.27. The molecule has 1 aromatic heterocycles. The Hall–Kier alpha value is -1.39. The highest BCUT2D eigenvalue weighted by molar-refractivity contribution is 7.15. The van der Waals surface area contributed by atoms with Crippen molar-refractivity contribution in [3.8, 4) is 0 Å². The fourth-order valence-electron chi connectivity index (χ4n) is 2.37. The van der Waals surface area contributed by atoms with Gasteiger partial charge in [-0.25, -0.2) is 4.98 Å². The molecule has 3 nitrogen and oxygen atoms in total. The first-order valence-electron chi connectivity index (χ1n) is 7.71.